The van der Waals surface area contributed by atoms with Gasteiger partial charge in [-0.15, -0.1) is 0 Å². The van der Waals surface area contributed by atoms with Crippen LogP contribution in [0.2, 0.25) is 0 Å². The Kier molecular flexibility index (Phi) is 5.44. The summed E-state index contributed by atoms with van der Waals surface area (Å²) < 4.78 is 0. The van der Waals surface area contributed by atoms with Crippen molar-refractivity contribution in [2.75, 3.05) is 45.8 Å². The number of rotatable bonds is 3. The van der Waals surface area contributed by atoms with Crippen molar-refractivity contribution in [2.24, 2.45) is 11.3 Å². The molecule has 0 aromatic heterocycles. The number of likely N-dealkylation sites (tertiary alicyclic amines) is 2. The second-order valence-corrected chi connectivity index (χ2v) is 6.48. The SMILES string of the molecule is CC.CCC1CCN(CC(=O)N2CC3(CNC3)C2)CC1. The Labute approximate surface area is 123 Å². The first-order chi connectivity index (χ1) is 9.71. The Balaban J connectivity index is 0.000000704. The van der Waals surface area contributed by atoms with Gasteiger partial charge in [0.25, 0.3) is 0 Å². The number of hydrogen-bond donors (Lipinski definition) is 1. The van der Waals surface area contributed by atoms with E-state index in [4.69, 9.17) is 0 Å². The van der Waals surface area contributed by atoms with Gasteiger partial charge in [-0.3, -0.25) is 9.69 Å². The van der Waals surface area contributed by atoms with Crippen molar-refractivity contribution in [1.82, 2.24) is 15.1 Å². The third kappa shape index (κ3) is 3.34. The van der Waals surface area contributed by atoms with Gasteiger partial charge in [0.1, 0.15) is 0 Å². The zero-order chi connectivity index (χ0) is 14.6. The molecule has 3 heterocycles. The molecule has 0 aliphatic carbocycles. The van der Waals surface area contributed by atoms with Crippen LogP contribution in [0.1, 0.15) is 40.0 Å². The summed E-state index contributed by atoms with van der Waals surface area (Å²) in [6.45, 7) is 13.4. The maximum atomic E-state index is 12.1. The van der Waals surface area contributed by atoms with E-state index in [-0.39, 0.29) is 0 Å². The van der Waals surface area contributed by atoms with E-state index >= 15 is 0 Å². The summed E-state index contributed by atoms with van der Waals surface area (Å²) >= 11 is 0. The average Bonchev–Trinajstić information content (AvgIpc) is 2.39. The van der Waals surface area contributed by atoms with E-state index in [0.29, 0.717) is 17.9 Å². The van der Waals surface area contributed by atoms with Crippen LogP contribution in [-0.2, 0) is 4.79 Å². The zero-order valence-corrected chi connectivity index (χ0v) is 13.5. The number of amides is 1. The number of piperidine rings is 1. The fourth-order valence-corrected chi connectivity index (χ4v) is 3.49. The van der Waals surface area contributed by atoms with E-state index in [1.165, 1.54) is 19.3 Å². The lowest BCUT2D eigenvalue weighted by Crippen LogP contribution is -2.72. The standard InChI is InChI=1S/C14H25N3O.C2H6/c1-2-12-3-5-16(6-4-12)7-13(18)17-10-14(11-17)8-15-9-14;1-2/h12,15H,2-11H2,1H3;1-2H3. The molecule has 3 aliphatic heterocycles. The molecule has 0 atom stereocenters. The molecule has 3 rings (SSSR count). The zero-order valence-electron chi connectivity index (χ0n) is 13.5. The maximum absolute atomic E-state index is 12.1. The molecule has 0 aromatic carbocycles. The summed E-state index contributed by atoms with van der Waals surface area (Å²) in [5.74, 6) is 1.24. The van der Waals surface area contributed by atoms with Crippen LogP contribution in [0.4, 0.5) is 0 Å². The molecule has 20 heavy (non-hydrogen) atoms. The molecule has 3 fully saturated rings. The van der Waals surface area contributed by atoms with Crippen molar-refractivity contribution in [2.45, 2.75) is 40.0 Å². The van der Waals surface area contributed by atoms with Crippen LogP contribution in [0, 0.1) is 11.3 Å². The third-order valence-corrected chi connectivity index (χ3v) is 5.05. The molecule has 4 heteroatoms. The van der Waals surface area contributed by atoms with Crippen LogP contribution >= 0.6 is 0 Å². The summed E-state index contributed by atoms with van der Waals surface area (Å²) in [5, 5.41) is 3.31. The first-order valence-electron chi connectivity index (χ1n) is 8.42. The predicted molar refractivity (Wildman–Crippen MR) is 82.7 cm³/mol. The van der Waals surface area contributed by atoms with Crippen molar-refractivity contribution in [3.63, 3.8) is 0 Å². The average molecular weight is 281 g/mol. The van der Waals surface area contributed by atoms with Crippen molar-refractivity contribution in [1.29, 1.82) is 0 Å². The fraction of sp³-hybridized carbons (Fsp3) is 0.938. The van der Waals surface area contributed by atoms with Crippen molar-refractivity contribution >= 4 is 5.91 Å². The molecular formula is C16H31N3O. The number of nitrogens with zero attached hydrogens (tertiary/aromatic N) is 2. The monoisotopic (exact) mass is 281 g/mol. The molecule has 116 valence electrons. The smallest absolute Gasteiger partial charge is 0.236 e. The second kappa shape index (κ2) is 6.90. The van der Waals surface area contributed by atoms with Crippen molar-refractivity contribution in [3.8, 4) is 0 Å². The van der Waals surface area contributed by atoms with Crippen molar-refractivity contribution in [3.05, 3.63) is 0 Å². The Hall–Kier alpha value is -0.610. The molecule has 3 saturated heterocycles. The molecule has 0 radical (unpaired) electrons. The molecule has 0 unspecified atom stereocenters. The number of carbonyl (C=O) groups is 1. The molecule has 0 bridgehead atoms. The van der Waals surface area contributed by atoms with Crippen molar-refractivity contribution < 1.29 is 4.79 Å². The van der Waals surface area contributed by atoms with E-state index in [1.807, 2.05) is 18.7 Å². The van der Waals surface area contributed by atoms with Gasteiger partial charge < -0.3 is 10.2 Å². The van der Waals surface area contributed by atoms with Gasteiger partial charge in [0, 0.05) is 31.6 Å². The van der Waals surface area contributed by atoms with Gasteiger partial charge in [0.15, 0.2) is 0 Å². The number of carbonyl (C=O) groups excluding carboxylic acids is 1. The topological polar surface area (TPSA) is 35.6 Å². The van der Waals surface area contributed by atoms with Gasteiger partial charge in [0.05, 0.1) is 6.54 Å². The van der Waals surface area contributed by atoms with Gasteiger partial charge in [-0.25, -0.2) is 0 Å². The number of hydrogen-bond acceptors (Lipinski definition) is 3. The lowest BCUT2D eigenvalue weighted by Gasteiger charge is -2.56. The first kappa shape index (κ1) is 15.8. The minimum Gasteiger partial charge on any atom is -0.340 e. The first-order valence-corrected chi connectivity index (χ1v) is 8.42. The Bertz CT molecular complexity index is 312. The van der Waals surface area contributed by atoms with E-state index in [1.54, 1.807) is 0 Å². The van der Waals surface area contributed by atoms with Gasteiger partial charge in [0.2, 0.25) is 5.91 Å². The molecule has 3 aliphatic rings. The summed E-state index contributed by atoms with van der Waals surface area (Å²) in [7, 11) is 0. The summed E-state index contributed by atoms with van der Waals surface area (Å²) in [4.78, 5) is 16.5. The minimum absolute atomic E-state index is 0.350. The Morgan fingerprint density at radius 3 is 2.25 bits per heavy atom. The molecule has 4 nitrogen and oxygen atoms in total. The van der Waals surface area contributed by atoms with Gasteiger partial charge in [-0.2, -0.15) is 0 Å². The largest absolute Gasteiger partial charge is 0.340 e. The summed E-state index contributed by atoms with van der Waals surface area (Å²) in [6.07, 6.45) is 3.85. The third-order valence-electron chi connectivity index (χ3n) is 5.05. The highest BCUT2D eigenvalue weighted by atomic mass is 16.2. The molecule has 1 N–H and O–H groups in total. The second-order valence-electron chi connectivity index (χ2n) is 6.48. The highest BCUT2D eigenvalue weighted by Gasteiger charge is 2.49. The van der Waals surface area contributed by atoms with Crippen LogP contribution in [-0.4, -0.2) is 61.5 Å². The van der Waals surface area contributed by atoms with E-state index in [0.717, 1.165) is 45.2 Å². The van der Waals surface area contributed by atoms with Gasteiger partial charge in [-0.1, -0.05) is 27.2 Å². The highest BCUT2D eigenvalue weighted by molar-refractivity contribution is 5.79. The van der Waals surface area contributed by atoms with Gasteiger partial charge >= 0.3 is 0 Å². The Morgan fingerprint density at radius 1 is 1.20 bits per heavy atom. The predicted octanol–water partition coefficient (Wildman–Crippen LogP) is 1.57. The molecule has 1 spiro atoms. The minimum atomic E-state index is 0.350. The lowest BCUT2D eigenvalue weighted by molar-refractivity contribution is -0.148. The quantitative estimate of drug-likeness (QED) is 0.853. The molecular weight excluding hydrogens is 250 g/mol. The number of nitrogens with one attached hydrogen (secondary N) is 1. The maximum Gasteiger partial charge on any atom is 0.236 e. The lowest BCUT2D eigenvalue weighted by atomic mass is 9.74. The van der Waals surface area contributed by atoms with Crippen LogP contribution in [0.5, 0.6) is 0 Å². The molecule has 1 amide bonds. The van der Waals surface area contributed by atoms with E-state index in [9.17, 15) is 4.79 Å². The van der Waals surface area contributed by atoms with Crippen LogP contribution < -0.4 is 5.32 Å². The van der Waals surface area contributed by atoms with E-state index in [2.05, 4.69) is 17.1 Å². The highest BCUT2D eigenvalue weighted by Crippen LogP contribution is 2.34. The fourth-order valence-electron chi connectivity index (χ4n) is 3.49. The normalized spacial score (nSPS) is 25.4. The summed E-state index contributed by atoms with van der Waals surface area (Å²) in [5.41, 5.74) is 0.463. The van der Waals surface area contributed by atoms with Crippen LogP contribution in [0.15, 0.2) is 0 Å². The molecule has 0 aromatic rings. The molecule has 0 saturated carbocycles. The summed E-state index contributed by atoms with van der Waals surface area (Å²) in [6, 6.07) is 0. The van der Waals surface area contributed by atoms with Gasteiger partial charge in [-0.05, 0) is 31.8 Å². The Morgan fingerprint density at radius 2 is 1.80 bits per heavy atom. The van der Waals surface area contributed by atoms with E-state index < -0.39 is 0 Å². The van der Waals surface area contributed by atoms with Crippen LogP contribution in [0.25, 0.3) is 0 Å². The van der Waals surface area contributed by atoms with Crippen LogP contribution in [0.3, 0.4) is 0 Å².